The van der Waals surface area contributed by atoms with E-state index in [1.807, 2.05) is 13.1 Å². The van der Waals surface area contributed by atoms with Gasteiger partial charge in [0, 0.05) is 30.6 Å². The topological polar surface area (TPSA) is 61.4 Å². The van der Waals surface area contributed by atoms with Crippen molar-refractivity contribution >= 4 is 21.4 Å². The van der Waals surface area contributed by atoms with E-state index in [4.69, 9.17) is 0 Å². The minimum atomic E-state index is -3.36. The number of likely N-dealkylation sites (N-methyl/N-ethyl adjacent to an activating group) is 1. The van der Waals surface area contributed by atoms with E-state index in [0.29, 0.717) is 23.3 Å². The van der Waals surface area contributed by atoms with Gasteiger partial charge in [0.2, 0.25) is 10.0 Å². The zero-order chi connectivity index (χ0) is 15.3. The van der Waals surface area contributed by atoms with Crippen LogP contribution in [0.4, 0.5) is 0 Å². The monoisotopic (exact) mass is 331 g/mol. The number of nitrogens with one attached hydrogen (secondary N) is 2. The Morgan fingerprint density at radius 1 is 1.33 bits per heavy atom. The highest BCUT2D eigenvalue weighted by molar-refractivity contribution is 7.91. The van der Waals surface area contributed by atoms with Crippen LogP contribution in [0.1, 0.15) is 30.6 Å². The molecule has 1 saturated carbocycles. The van der Waals surface area contributed by atoms with Crippen molar-refractivity contribution in [2.24, 2.45) is 0 Å². The zero-order valence-electron chi connectivity index (χ0n) is 12.8. The van der Waals surface area contributed by atoms with Gasteiger partial charge in [-0.3, -0.25) is 0 Å². The lowest BCUT2D eigenvalue weighted by atomic mass is 10.2. The molecule has 0 aliphatic heterocycles. The van der Waals surface area contributed by atoms with Gasteiger partial charge in [-0.05, 0) is 39.1 Å². The van der Waals surface area contributed by atoms with E-state index in [9.17, 15) is 8.42 Å². The molecule has 1 aliphatic rings. The van der Waals surface area contributed by atoms with Crippen molar-refractivity contribution in [1.29, 1.82) is 0 Å². The number of hydrogen-bond donors (Lipinski definition) is 2. The molecule has 1 aromatic heterocycles. The highest BCUT2D eigenvalue weighted by Crippen LogP contribution is 2.23. The van der Waals surface area contributed by atoms with E-state index in [1.165, 1.54) is 37.0 Å². The zero-order valence-corrected chi connectivity index (χ0v) is 14.4. The van der Waals surface area contributed by atoms with Crippen LogP contribution in [0.25, 0.3) is 0 Å². The Morgan fingerprint density at radius 2 is 2.05 bits per heavy atom. The molecular weight excluding hydrogens is 306 g/mol. The van der Waals surface area contributed by atoms with Crippen molar-refractivity contribution in [3.05, 3.63) is 17.0 Å². The first-order valence-electron chi connectivity index (χ1n) is 7.46. The SMILES string of the molecule is CNCc1ccc(S(=O)(=O)NCCN(C)C2CCCC2)s1. The molecule has 0 atom stereocenters. The molecule has 0 radical (unpaired) electrons. The average Bonchev–Trinajstić information content (AvgIpc) is 3.10. The van der Waals surface area contributed by atoms with Gasteiger partial charge < -0.3 is 10.2 Å². The summed E-state index contributed by atoms with van der Waals surface area (Å²) >= 11 is 1.32. The molecule has 2 N–H and O–H groups in total. The van der Waals surface area contributed by atoms with E-state index in [1.54, 1.807) is 6.07 Å². The lowest BCUT2D eigenvalue weighted by Crippen LogP contribution is -2.37. The maximum absolute atomic E-state index is 12.2. The summed E-state index contributed by atoms with van der Waals surface area (Å²) in [6.07, 6.45) is 5.07. The van der Waals surface area contributed by atoms with Gasteiger partial charge in [0.15, 0.2) is 0 Å². The largest absolute Gasteiger partial charge is 0.315 e. The number of rotatable bonds is 8. The predicted octanol–water partition coefficient (Wildman–Crippen LogP) is 1.62. The third kappa shape index (κ3) is 4.75. The van der Waals surface area contributed by atoms with E-state index >= 15 is 0 Å². The van der Waals surface area contributed by atoms with Crippen molar-refractivity contribution in [3.8, 4) is 0 Å². The fourth-order valence-corrected chi connectivity index (χ4v) is 5.16. The highest BCUT2D eigenvalue weighted by atomic mass is 32.2. The quantitative estimate of drug-likeness (QED) is 0.760. The summed E-state index contributed by atoms with van der Waals surface area (Å²) in [6.45, 7) is 1.93. The fraction of sp³-hybridized carbons (Fsp3) is 0.714. The number of thiophene rings is 1. The van der Waals surface area contributed by atoms with Gasteiger partial charge in [-0.15, -0.1) is 11.3 Å². The van der Waals surface area contributed by atoms with Crippen LogP contribution < -0.4 is 10.0 Å². The van der Waals surface area contributed by atoms with Crippen molar-refractivity contribution in [2.45, 2.75) is 42.5 Å². The first-order chi connectivity index (χ1) is 10.0. The summed E-state index contributed by atoms with van der Waals surface area (Å²) in [5.41, 5.74) is 0. The molecule has 21 heavy (non-hydrogen) atoms. The van der Waals surface area contributed by atoms with Crippen molar-refractivity contribution in [2.75, 3.05) is 27.2 Å². The Bertz CT molecular complexity index is 536. The molecule has 2 rings (SSSR count). The van der Waals surface area contributed by atoms with Crippen molar-refractivity contribution in [3.63, 3.8) is 0 Å². The Morgan fingerprint density at radius 3 is 2.71 bits per heavy atom. The average molecular weight is 332 g/mol. The smallest absolute Gasteiger partial charge is 0.250 e. The van der Waals surface area contributed by atoms with Crippen LogP contribution in [0, 0.1) is 0 Å². The Hall–Kier alpha value is -0.470. The molecule has 0 aromatic carbocycles. The number of hydrogen-bond acceptors (Lipinski definition) is 5. The van der Waals surface area contributed by atoms with Crippen LogP contribution in [0.2, 0.25) is 0 Å². The van der Waals surface area contributed by atoms with E-state index in [2.05, 4.69) is 22.0 Å². The van der Waals surface area contributed by atoms with E-state index in [-0.39, 0.29) is 0 Å². The Balaban J connectivity index is 1.82. The third-order valence-corrected chi connectivity index (χ3v) is 7.00. The molecule has 0 spiro atoms. The summed E-state index contributed by atoms with van der Waals surface area (Å²) in [4.78, 5) is 3.30. The molecule has 0 unspecified atom stereocenters. The number of nitrogens with zero attached hydrogens (tertiary/aromatic N) is 1. The number of sulfonamides is 1. The molecule has 0 bridgehead atoms. The molecule has 1 fully saturated rings. The molecule has 0 saturated heterocycles. The summed E-state index contributed by atoms with van der Waals surface area (Å²) in [5.74, 6) is 0. The Labute approximate surface area is 131 Å². The van der Waals surface area contributed by atoms with Crippen LogP contribution in [0.15, 0.2) is 16.3 Å². The maximum atomic E-state index is 12.2. The maximum Gasteiger partial charge on any atom is 0.250 e. The van der Waals surface area contributed by atoms with Crippen LogP contribution in [-0.2, 0) is 16.6 Å². The standard InChI is InChI=1S/C14H25N3O2S2/c1-15-11-13-7-8-14(20-13)21(18,19)16-9-10-17(2)12-5-3-4-6-12/h7-8,12,15-16H,3-6,9-11H2,1-2H3. The summed E-state index contributed by atoms with van der Waals surface area (Å²) in [7, 11) is 0.573. The van der Waals surface area contributed by atoms with Crippen LogP contribution >= 0.6 is 11.3 Å². The van der Waals surface area contributed by atoms with Crippen molar-refractivity contribution in [1.82, 2.24) is 14.9 Å². The van der Waals surface area contributed by atoms with Crippen LogP contribution in [0.5, 0.6) is 0 Å². The van der Waals surface area contributed by atoms with Gasteiger partial charge in [-0.2, -0.15) is 0 Å². The first kappa shape index (κ1) is 16.9. The van der Waals surface area contributed by atoms with Gasteiger partial charge >= 0.3 is 0 Å². The lowest BCUT2D eigenvalue weighted by Gasteiger charge is -2.23. The summed E-state index contributed by atoms with van der Waals surface area (Å²) < 4.78 is 27.5. The molecule has 120 valence electrons. The summed E-state index contributed by atoms with van der Waals surface area (Å²) in [5, 5.41) is 3.03. The van der Waals surface area contributed by atoms with E-state index in [0.717, 1.165) is 11.4 Å². The third-order valence-electron chi connectivity index (χ3n) is 3.96. The van der Waals surface area contributed by atoms with Crippen LogP contribution in [-0.4, -0.2) is 46.5 Å². The molecule has 1 aromatic rings. The fourth-order valence-electron chi connectivity index (χ4n) is 2.73. The molecule has 7 heteroatoms. The van der Waals surface area contributed by atoms with Crippen molar-refractivity contribution < 1.29 is 8.42 Å². The predicted molar refractivity (Wildman–Crippen MR) is 87.2 cm³/mol. The molecular formula is C14H25N3O2S2. The minimum absolute atomic E-state index is 0.399. The second kappa shape index (κ2) is 7.69. The second-order valence-corrected chi connectivity index (χ2v) is 8.73. The van der Waals surface area contributed by atoms with Gasteiger partial charge in [0.1, 0.15) is 4.21 Å². The van der Waals surface area contributed by atoms with E-state index < -0.39 is 10.0 Å². The van der Waals surface area contributed by atoms with Gasteiger partial charge in [-0.1, -0.05) is 12.8 Å². The molecule has 1 heterocycles. The lowest BCUT2D eigenvalue weighted by molar-refractivity contribution is 0.250. The van der Waals surface area contributed by atoms with Crippen LogP contribution in [0.3, 0.4) is 0 Å². The second-order valence-electron chi connectivity index (χ2n) is 5.57. The van der Waals surface area contributed by atoms with Gasteiger partial charge in [-0.25, -0.2) is 13.1 Å². The normalized spacial score (nSPS) is 16.9. The molecule has 0 amide bonds. The van der Waals surface area contributed by atoms with Gasteiger partial charge in [0.25, 0.3) is 0 Å². The summed E-state index contributed by atoms with van der Waals surface area (Å²) in [6, 6.07) is 4.17. The first-order valence-corrected chi connectivity index (χ1v) is 9.76. The highest BCUT2D eigenvalue weighted by Gasteiger charge is 2.20. The Kier molecular flexibility index (Phi) is 6.19. The van der Waals surface area contributed by atoms with Gasteiger partial charge in [0.05, 0.1) is 0 Å². The molecule has 5 nitrogen and oxygen atoms in total. The molecule has 1 aliphatic carbocycles. The minimum Gasteiger partial charge on any atom is -0.315 e.